The van der Waals surface area contributed by atoms with Gasteiger partial charge in [0.1, 0.15) is 0 Å². The summed E-state index contributed by atoms with van der Waals surface area (Å²) in [5.74, 6) is 0.422. The van der Waals surface area contributed by atoms with Crippen LogP contribution in [0, 0.1) is 0 Å². The molecule has 1 aromatic heterocycles. The Morgan fingerprint density at radius 1 is 1.81 bits per heavy atom. The van der Waals surface area contributed by atoms with Crippen LogP contribution >= 0.6 is 11.3 Å². The first kappa shape index (κ1) is 11.5. The maximum atomic E-state index is 11.7. The minimum Gasteiger partial charge on any atom is -0.354 e. The molecule has 0 radical (unpaired) electrons. The molecule has 0 aromatic carbocycles. The number of aromatic nitrogens is 1. The second-order valence-corrected chi connectivity index (χ2v) is 5.09. The molecule has 2 atom stereocenters. The standard InChI is InChI=1S/C11H17N3OS/c1-8(11-13-5-6-16-11)7-14-10(15)9-3-2-4-12-9/h5-6,8-9,12H,2-4,7H2,1H3,(H,14,15)/t8?,9-/m0/s1. The van der Waals surface area contributed by atoms with Crippen molar-refractivity contribution in [3.8, 4) is 0 Å². The fourth-order valence-electron chi connectivity index (χ4n) is 1.85. The third kappa shape index (κ3) is 2.80. The average molecular weight is 239 g/mol. The summed E-state index contributed by atoms with van der Waals surface area (Å²) in [4.78, 5) is 16.0. The molecule has 2 rings (SSSR count). The van der Waals surface area contributed by atoms with Gasteiger partial charge in [-0.3, -0.25) is 4.79 Å². The Hall–Kier alpha value is -0.940. The maximum absolute atomic E-state index is 11.7. The van der Waals surface area contributed by atoms with Gasteiger partial charge in [0, 0.05) is 24.0 Å². The van der Waals surface area contributed by atoms with Crippen LogP contribution in [-0.4, -0.2) is 30.0 Å². The highest BCUT2D eigenvalue weighted by atomic mass is 32.1. The molecular formula is C11H17N3OS. The van der Waals surface area contributed by atoms with E-state index in [-0.39, 0.29) is 11.9 Å². The lowest BCUT2D eigenvalue weighted by Crippen LogP contribution is -2.41. The van der Waals surface area contributed by atoms with Crippen molar-refractivity contribution in [3.63, 3.8) is 0 Å². The van der Waals surface area contributed by atoms with Crippen molar-refractivity contribution in [3.05, 3.63) is 16.6 Å². The van der Waals surface area contributed by atoms with Crippen LogP contribution in [0.5, 0.6) is 0 Å². The fraction of sp³-hybridized carbons (Fsp3) is 0.636. The topological polar surface area (TPSA) is 54.0 Å². The first-order valence-electron chi connectivity index (χ1n) is 5.68. The molecule has 4 nitrogen and oxygen atoms in total. The molecule has 1 aromatic rings. The van der Waals surface area contributed by atoms with E-state index in [4.69, 9.17) is 0 Å². The summed E-state index contributed by atoms with van der Waals surface area (Å²) in [6, 6.07) is 0.0171. The van der Waals surface area contributed by atoms with Crippen LogP contribution in [0.25, 0.3) is 0 Å². The lowest BCUT2D eigenvalue weighted by molar-refractivity contribution is -0.122. The van der Waals surface area contributed by atoms with Crippen molar-refractivity contribution >= 4 is 17.2 Å². The van der Waals surface area contributed by atoms with Crippen LogP contribution in [0.4, 0.5) is 0 Å². The van der Waals surface area contributed by atoms with Crippen LogP contribution < -0.4 is 10.6 Å². The van der Waals surface area contributed by atoms with Gasteiger partial charge in [0.15, 0.2) is 0 Å². The first-order chi connectivity index (χ1) is 7.77. The largest absolute Gasteiger partial charge is 0.354 e. The quantitative estimate of drug-likeness (QED) is 0.827. The van der Waals surface area contributed by atoms with Crippen LogP contribution in [0.15, 0.2) is 11.6 Å². The number of carbonyl (C=O) groups is 1. The predicted octanol–water partition coefficient (Wildman–Crippen LogP) is 1.11. The summed E-state index contributed by atoms with van der Waals surface area (Å²) in [5.41, 5.74) is 0. The molecule has 1 amide bonds. The lowest BCUT2D eigenvalue weighted by atomic mass is 10.1. The highest BCUT2D eigenvalue weighted by Gasteiger charge is 2.22. The van der Waals surface area contributed by atoms with Gasteiger partial charge in [0.25, 0.3) is 0 Å². The van der Waals surface area contributed by atoms with Crippen LogP contribution in [0.1, 0.15) is 30.7 Å². The van der Waals surface area contributed by atoms with E-state index in [1.807, 2.05) is 5.38 Å². The van der Waals surface area contributed by atoms with Gasteiger partial charge in [0.05, 0.1) is 11.0 Å². The summed E-state index contributed by atoms with van der Waals surface area (Å²) in [6.45, 7) is 3.71. The minimum atomic E-state index is 0.0171. The number of rotatable bonds is 4. The van der Waals surface area contributed by atoms with E-state index in [1.165, 1.54) is 0 Å². The van der Waals surface area contributed by atoms with Crippen molar-refractivity contribution in [2.75, 3.05) is 13.1 Å². The van der Waals surface area contributed by atoms with Gasteiger partial charge in [-0.25, -0.2) is 4.98 Å². The van der Waals surface area contributed by atoms with E-state index in [0.29, 0.717) is 12.5 Å². The summed E-state index contributed by atoms with van der Waals surface area (Å²) in [7, 11) is 0. The smallest absolute Gasteiger partial charge is 0.237 e. The Morgan fingerprint density at radius 2 is 2.69 bits per heavy atom. The van der Waals surface area contributed by atoms with E-state index in [0.717, 1.165) is 24.4 Å². The zero-order valence-corrected chi connectivity index (χ0v) is 10.2. The van der Waals surface area contributed by atoms with Crippen LogP contribution in [-0.2, 0) is 4.79 Å². The molecule has 2 N–H and O–H groups in total. The highest BCUT2D eigenvalue weighted by Crippen LogP contribution is 2.16. The van der Waals surface area contributed by atoms with Gasteiger partial charge >= 0.3 is 0 Å². The number of hydrogen-bond acceptors (Lipinski definition) is 4. The van der Waals surface area contributed by atoms with Gasteiger partial charge in [-0.15, -0.1) is 11.3 Å². The van der Waals surface area contributed by atoms with Crippen molar-refractivity contribution in [2.45, 2.75) is 31.7 Å². The monoisotopic (exact) mass is 239 g/mol. The maximum Gasteiger partial charge on any atom is 0.237 e. The molecule has 16 heavy (non-hydrogen) atoms. The predicted molar refractivity (Wildman–Crippen MR) is 64.6 cm³/mol. The molecule has 0 saturated carbocycles. The van der Waals surface area contributed by atoms with E-state index in [1.54, 1.807) is 17.5 Å². The van der Waals surface area contributed by atoms with Gasteiger partial charge in [0.2, 0.25) is 5.91 Å². The third-order valence-corrected chi connectivity index (χ3v) is 3.84. The Kier molecular flexibility index (Phi) is 3.90. The molecule has 0 spiro atoms. The van der Waals surface area contributed by atoms with Gasteiger partial charge in [-0.1, -0.05) is 6.92 Å². The van der Waals surface area contributed by atoms with Gasteiger partial charge < -0.3 is 10.6 Å². The van der Waals surface area contributed by atoms with Gasteiger partial charge in [-0.05, 0) is 19.4 Å². The summed E-state index contributed by atoms with van der Waals surface area (Å²) >= 11 is 1.64. The molecule has 1 unspecified atom stereocenters. The Balaban J connectivity index is 1.76. The van der Waals surface area contributed by atoms with Crippen molar-refractivity contribution in [1.82, 2.24) is 15.6 Å². The number of carbonyl (C=O) groups excluding carboxylic acids is 1. The molecular weight excluding hydrogens is 222 g/mol. The SMILES string of the molecule is CC(CNC(=O)[C@@H]1CCCN1)c1nccs1. The molecule has 0 bridgehead atoms. The number of amides is 1. The number of nitrogens with one attached hydrogen (secondary N) is 2. The minimum absolute atomic E-state index is 0.0171. The lowest BCUT2D eigenvalue weighted by Gasteiger charge is -2.13. The molecule has 1 aliphatic rings. The molecule has 88 valence electrons. The summed E-state index contributed by atoms with van der Waals surface area (Å²) < 4.78 is 0. The van der Waals surface area contributed by atoms with Gasteiger partial charge in [-0.2, -0.15) is 0 Å². The molecule has 5 heteroatoms. The van der Waals surface area contributed by atoms with E-state index in [2.05, 4.69) is 22.5 Å². The molecule has 1 aliphatic heterocycles. The Morgan fingerprint density at radius 3 is 3.31 bits per heavy atom. The number of hydrogen-bond donors (Lipinski definition) is 2. The van der Waals surface area contributed by atoms with Crippen LogP contribution in [0.3, 0.4) is 0 Å². The van der Waals surface area contributed by atoms with E-state index in [9.17, 15) is 4.79 Å². The first-order valence-corrected chi connectivity index (χ1v) is 6.56. The van der Waals surface area contributed by atoms with E-state index < -0.39 is 0 Å². The second-order valence-electron chi connectivity index (χ2n) is 4.17. The molecule has 1 fully saturated rings. The Bertz CT molecular complexity index is 333. The highest BCUT2D eigenvalue weighted by molar-refractivity contribution is 7.09. The molecule has 1 saturated heterocycles. The molecule has 0 aliphatic carbocycles. The summed E-state index contributed by atoms with van der Waals surface area (Å²) in [6.07, 6.45) is 3.86. The van der Waals surface area contributed by atoms with E-state index >= 15 is 0 Å². The normalized spacial score (nSPS) is 21.9. The third-order valence-electron chi connectivity index (χ3n) is 2.83. The fourth-order valence-corrected chi connectivity index (χ4v) is 2.55. The second kappa shape index (κ2) is 5.41. The van der Waals surface area contributed by atoms with Crippen LogP contribution in [0.2, 0.25) is 0 Å². The number of thiazole rings is 1. The average Bonchev–Trinajstić information content (AvgIpc) is 2.95. The summed E-state index contributed by atoms with van der Waals surface area (Å²) in [5, 5.41) is 9.22. The zero-order chi connectivity index (χ0) is 11.4. The molecule has 2 heterocycles. The van der Waals surface area contributed by atoms with Crippen molar-refractivity contribution in [2.24, 2.45) is 0 Å². The number of nitrogens with zero attached hydrogens (tertiary/aromatic N) is 1. The van der Waals surface area contributed by atoms with Crippen molar-refractivity contribution < 1.29 is 4.79 Å². The van der Waals surface area contributed by atoms with Crippen molar-refractivity contribution in [1.29, 1.82) is 0 Å². The Labute approximate surface area is 99.5 Å². The zero-order valence-electron chi connectivity index (χ0n) is 9.40.